The Hall–Kier alpha value is -3.27. The molecule has 2 aromatic rings. The smallest absolute Gasteiger partial charge is 0.407 e. The molecule has 1 aromatic heterocycles. The Bertz CT molecular complexity index is 775. The molecule has 0 aliphatic rings. The maximum atomic E-state index is 11.5. The topological polar surface area (TPSA) is 104 Å². The summed E-state index contributed by atoms with van der Waals surface area (Å²) in [5.74, 6) is 4.77. The molecule has 0 unspecified atom stereocenters. The van der Waals surface area contributed by atoms with Crippen LogP contribution in [0.2, 0.25) is 0 Å². The van der Waals surface area contributed by atoms with E-state index in [1.807, 2.05) is 30.3 Å². The van der Waals surface area contributed by atoms with Crippen molar-refractivity contribution in [3.63, 3.8) is 0 Å². The zero-order valence-corrected chi connectivity index (χ0v) is 12.2. The Balaban J connectivity index is 1.72. The summed E-state index contributed by atoms with van der Waals surface area (Å²) in [5, 5.41) is 11.9. The van der Waals surface area contributed by atoms with Crippen LogP contribution in [0.5, 0.6) is 5.88 Å². The maximum absolute atomic E-state index is 11.5. The van der Waals surface area contributed by atoms with Gasteiger partial charge in [0.2, 0.25) is 5.88 Å². The number of alkyl carbamates (subject to hydrolysis) is 1. The predicted octanol–water partition coefficient (Wildman–Crippen LogP) is 1.14. The number of nitrogens with one attached hydrogen (secondary N) is 2. The van der Waals surface area contributed by atoms with Crippen molar-refractivity contribution >= 4 is 6.09 Å². The van der Waals surface area contributed by atoms with Crippen LogP contribution in [-0.4, -0.2) is 27.7 Å². The van der Waals surface area contributed by atoms with E-state index < -0.39 is 17.5 Å². The van der Waals surface area contributed by atoms with E-state index in [9.17, 15) is 14.7 Å². The largest absolute Gasteiger partial charge is 0.492 e. The fourth-order valence-corrected chi connectivity index (χ4v) is 1.66. The molecule has 23 heavy (non-hydrogen) atoms. The highest BCUT2D eigenvalue weighted by molar-refractivity contribution is 5.67. The van der Waals surface area contributed by atoms with Crippen LogP contribution in [0.1, 0.15) is 17.5 Å². The van der Waals surface area contributed by atoms with Gasteiger partial charge in [-0.05, 0) is 5.56 Å². The molecule has 2 rings (SSSR count). The summed E-state index contributed by atoms with van der Waals surface area (Å²) in [5.41, 5.74) is 0.285. The van der Waals surface area contributed by atoms with Gasteiger partial charge in [-0.3, -0.25) is 4.79 Å². The number of aromatic amines is 1. The van der Waals surface area contributed by atoms with Gasteiger partial charge in [0.05, 0.1) is 6.33 Å². The molecule has 118 valence electrons. The van der Waals surface area contributed by atoms with Crippen molar-refractivity contribution in [3.8, 4) is 17.7 Å². The van der Waals surface area contributed by atoms with Gasteiger partial charge in [-0.15, -0.1) is 0 Å². The highest BCUT2D eigenvalue weighted by Crippen LogP contribution is 2.03. The van der Waals surface area contributed by atoms with Crippen LogP contribution in [0.4, 0.5) is 4.79 Å². The number of amides is 1. The van der Waals surface area contributed by atoms with Crippen molar-refractivity contribution in [3.05, 3.63) is 58.1 Å². The zero-order valence-electron chi connectivity index (χ0n) is 12.2. The van der Waals surface area contributed by atoms with Crippen LogP contribution in [0.15, 0.2) is 41.5 Å². The number of nitrogens with zero attached hydrogens (tertiary/aromatic N) is 1. The summed E-state index contributed by atoms with van der Waals surface area (Å²) in [6.07, 6.45) is 0.846. The molecule has 7 nitrogen and oxygen atoms in total. The lowest BCUT2D eigenvalue weighted by atomic mass is 10.2. The zero-order chi connectivity index (χ0) is 16.5. The number of carbonyl (C=O) groups is 1. The minimum Gasteiger partial charge on any atom is -0.492 e. The summed E-state index contributed by atoms with van der Waals surface area (Å²) < 4.78 is 5.03. The molecule has 0 bridgehead atoms. The normalized spacial score (nSPS) is 9.57. The molecule has 0 radical (unpaired) electrons. The van der Waals surface area contributed by atoms with Gasteiger partial charge in [-0.25, -0.2) is 9.78 Å². The summed E-state index contributed by atoms with van der Waals surface area (Å²) >= 11 is 0. The van der Waals surface area contributed by atoms with Crippen LogP contribution < -0.4 is 10.9 Å². The maximum Gasteiger partial charge on any atom is 0.407 e. The molecule has 1 amide bonds. The Kier molecular flexibility index (Phi) is 5.77. The predicted molar refractivity (Wildman–Crippen MR) is 82.6 cm³/mol. The number of benzene rings is 1. The Morgan fingerprint density at radius 2 is 2.13 bits per heavy atom. The molecule has 7 heteroatoms. The fraction of sp³-hybridized carbons (Fsp3) is 0.188. The van der Waals surface area contributed by atoms with Gasteiger partial charge in [0, 0.05) is 13.0 Å². The van der Waals surface area contributed by atoms with E-state index in [4.69, 9.17) is 4.74 Å². The monoisotopic (exact) mass is 313 g/mol. The van der Waals surface area contributed by atoms with Crippen molar-refractivity contribution in [2.24, 2.45) is 0 Å². The van der Waals surface area contributed by atoms with Gasteiger partial charge >= 0.3 is 6.09 Å². The molecule has 0 fully saturated rings. The average Bonchev–Trinajstić information content (AvgIpc) is 2.56. The van der Waals surface area contributed by atoms with Crippen molar-refractivity contribution in [2.45, 2.75) is 13.0 Å². The van der Waals surface area contributed by atoms with Gasteiger partial charge in [-0.1, -0.05) is 42.2 Å². The molecule has 0 saturated heterocycles. The first kappa shape index (κ1) is 16.1. The SMILES string of the molecule is O=C(NCCC#Cc1c(O)nc[nH]c1=O)OCc1ccccc1. The van der Waals surface area contributed by atoms with Crippen molar-refractivity contribution < 1.29 is 14.6 Å². The highest BCUT2D eigenvalue weighted by atomic mass is 16.5. The van der Waals surface area contributed by atoms with Crippen LogP contribution in [0, 0.1) is 11.8 Å². The number of hydrogen-bond donors (Lipinski definition) is 3. The number of H-pyrrole nitrogens is 1. The lowest BCUT2D eigenvalue weighted by Crippen LogP contribution is -2.24. The van der Waals surface area contributed by atoms with E-state index in [1.54, 1.807) is 0 Å². The third-order valence-corrected chi connectivity index (χ3v) is 2.78. The first-order valence-corrected chi connectivity index (χ1v) is 6.87. The molecule has 0 atom stereocenters. The number of rotatable bonds is 4. The summed E-state index contributed by atoms with van der Waals surface area (Å²) in [7, 11) is 0. The number of ether oxygens (including phenoxy) is 1. The Morgan fingerprint density at radius 3 is 2.87 bits per heavy atom. The van der Waals surface area contributed by atoms with Crippen molar-refractivity contribution in [2.75, 3.05) is 6.54 Å². The summed E-state index contributed by atoms with van der Waals surface area (Å²) in [6, 6.07) is 9.32. The lowest BCUT2D eigenvalue weighted by molar-refractivity contribution is 0.140. The second kappa shape index (κ2) is 8.24. The molecular weight excluding hydrogens is 298 g/mol. The quantitative estimate of drug-likeness (QED) is 0.580. The van der Waals surface area contributed by atoms with E-state index >= 15 is 0 Å². The average molecular weight is 313 g/mol. The van der Waals surface area contributed by atoms with E-state index in [2.05, 4.69) is 27.1 Å². The van der Waals surface area contributed by atoms with E-state index in [0.29, 0.717) is 6.42 Å². The number of aromatic hydroxyl groups is 1. The van der Waals surface area contributed by atoms with Gasteiger partial charge in [0.25, 0.3) is 5.56 Å². The molecule has 1 heterocycles. The minimum atomic E-state index is -0.544. The second-order valence-electron chi connectivity index (χ2n) is 4.47. The van der Waals surface area contributed by atoms with Gasteiger partial charge in [-0.2, -0.15) is 0 Å². The molecule has 3 N–H and O–H groups in total. The van der Waals surface area contributed by atoms with E-state index in [1.165, 1.54) is 0 Å². The van der Waals surface area contributed by atoms with Crippen LogP contribution >= 0.6 is 0 Å². The van der Waals surface area contributed by atoms with Crippen molar-refractivity contribution in [1.29, 1.82) is 0 Å². The van der Waals surface area contributed by atoms with Gasteiger partial charge in [0.15, 0.2) is 5.56 Å². The van der Waals surface area contributed by atoms with E-state index in [-0.39, 0.29) is 18.7 Å². The molecule has 0 aliphatic carbocycles. The lowest BCUT2D eigenvalue weighted by Gasteiger charge is -2.05. The minimum absolute atomic E-state index is 0.0980. The van der Waals surface area contributed by atoms with Crippen LogP contribution in [0.3, 0.4) is 0 Å². The summed E-state index contributed by atoms with van der Waals surface area (Å²) in [6.45, 7) is 0.455. The fourth-order valence-electron chi connectivity index (χ4n) is 1.66. The summed E-state index contributed by atoms with van der Waals surface area (Å²) in [4.78, 5) is 28.7. The Labute approximate surface area is 132 Å². The van der Waals surface area contributed by atoms with Crippen LogP contribution in [-0.2, 0) is 11.3 Å². The number of aromatic nitrogens is 2. The first-order valence-electron chi connectivity index (χ1n) is 6.87. The standard InChI is InChI=1S/C16H15N3O4/c20-14-13(15(21)19-11-18-14)8-4-5-9-17-16(22)23-10-12-6-2-1-3-7-12/h1-3,6-7,11H,5,9-10H2,(H,17,22)(H2,18,19,20,21). The van der Waals surface area contributed by atoms with Gasteiger partial charge in [0.1, 0.15) is 6.61 Å². The van der Waals surface area contributed by atoms with Crippen LogP contribution in [0.25, 0.3) is 0 Å². The third kappa shape index (κ3) is 5.21. The number of carbonyl (C=O) groups excluding carboxylic acids is 1. The van der Waals surface area contributed by atoms with E-state index in [0.717, 1.165) is 11.9 Å². The molecule has 0 spiro atoms. The molecule has 1 aromatic carbocycles. The van der Waals surface area contributed by atoms with Gasteiger partial charge < -0.3 is 20.1 Å². The molecular formula is C16H15N3O4. The first-order chi connectivity index (χ1) is 11.2. The number of hydrogen-bond acceptors (Lipinski definition) is 5. The third-order valence-electron chi connectivity index (χ3n) is 2.78. The highest BCUT2D eigenvalue weighted by Gasteiger charge is 2.03. The molecule has 0 saturated carbocycles. The van der Waals surface area contributed by atoms with Crippen molar-refractivity contribution in [1.82, 2.24) is 15.3 Å². The Morgan fingerprint density at radius 1 is 1.35 bits per heavy atom. The molecule has 0 aliphatic heterocycles. The second-order valence-corrected chi connectivity index (χ2v) is 4.47.